The SMILES string of the molecule is C1CCOCC1.CC.N#Cc1ccc2ncc3[nH]c(Cc4noc(N5CCC(O)CC5)n4)nc3c2c1. The summed E-state index contributed by atoms with van der Waals surface area (Å²) in [5, 5.41) is 23.7. The molecular weight excluding hydrogens is 458 g/mol. The van der Waals surface area contributed by atoms with Crippen LogP contribution in [0.25, 0.3) is 21.9 Å². The Kier molecular flexibility index (Phi) is 8.81. The van der Waals surface area contributed by atoms with Crippen LogP contribution >= 0.6 is 0 Å². The van der Waals surface area contributed by atoms with E-state index in [0.717, 1.165) is 35.2 Å². The Balaban J connectivity index is 0.000000330. The number of anilines is 1. The van der Waals surface area contributed by atoms with Crippen LogP contribution in [0, 0.1) is 11.3 Å². The summed E-state index contributed by atoms with van der Waals surface area (Å²) < 4.78 is 10.4. The average Bonchev–Trinajstić information content (AvgIpc) is 3.58. The minimum absolute atomic E-state index is 0.251. The molecule has 0 unspecified atom stereocenters. The van der Waals surface area contributed by atoms with Crippen LogP contribution < -0.4 is 4.90 Å². The highest BCUT2D eigenvalue weighted by Crippen LogP contribution is 2.24. The number of imidazole rings is 1. The van der Waals surface area contributed by atoms with Crippen molar-refractivity contribution in [3.63, 3.8) is 0 Å². The summed E-state index contributed by atoms with van der Waals surface area (Å²) in [6.07, 6.45) is 7.21. The van der Waals surface area contributed by atoms with Gasteiger partial charge in [-0.2, -0.15) is 10.2 Å². The Hall–Kier alpha value is -3.55. The van der Waals surface area contributed by atoms with Gasteiger partial charge in [0.2, 0.25) is 0 Å². The molecular formula is C26H33N7O3. The van der Waals surface area contributed by atoms with Crippen molar-refractivity contribution in [3.8, 4) is 6.07 Å². The van der Waals surface area contributed by atoms with Crippen LogP contribution in [0.4, 0.5) is 6.01 Å². The Morgan fingerprint density at radius 2 is 1.92 bits per heavy atom. The van der Waals surface area contributed by atoms with Gasteiger partial charge in [0.15, 0.2) is 5.82 Å². The number of piperidine rings is 1. The number of fused-ring (bicyclic) bond motifs is 3. The molecule has 0 radical (unpaired) electrons. The van der Waals surface area contributed by atoms with E-state index < -0.39 is 0 Å². The molecule has 3 aromatic heterocycles. The van der Waals surface area contributed by atoms with Crippen molar-refractivity contribution in [2.24, 2.45) is 0 Å². The number of rotatable bonds is 3. The summed E-state index contributed by atoms with van der Waals surface area (Å²) in [6, 6.07) is 7.99. The topological polar surface area (TPSA) is 137 Å². The Labute approximate surface area is 210 Å². The highest BCUT2D eigenvalue weighted by molar-refractivity contribution is 6.02. The molecule has 0 bridgehead atoms. The number of nitriles is 1. The maximum atomic E-state index is 9.62. The second-order valence-electron chi connectivity index (χ2n) is 8.61. The van der Waals surface area contributed by atoms with Crippen LogP contribution in [0.5, 0.6) is 0 Å². The molecule has 10 heteroatoms. The van der Waals surface area contributed by atoms with E-state index in [-0.39, 0.29) is 6.10 Å². The molecule has 2 aliphatic rings. The molecule has 36 heavy (non-hydrogen) atoms. The molecule has 0 amide bonds. The summed E-state index contributed by atoms with van der Waals surface area (Å²) in [6.45, 7) is 7.40. The average molecular weight is 492 g/mol. The number of nitrogens with zero attached hydrogens (tertiary/aromatic N) is 6. The first-order valence-corrected chi connectivity index (χ1v) is 12.7. The zero-order valence-electron chi connectivity index (χ0n) is 20.9. The third-order valence-corrected chi connectivity index (χ3v) is 6.09. The molecule has 0 spiro atoms. The van der Waals surface area contributed by atoms with Crippen LogP contribution in [0.3, 0.4) is 0 Å². The third kappa shape index (κ3) is 6.17. The van der Waals surface area contributed by atoms with Crippen LogP contribution in [-0.2, 0) is 11.2 Å². The molecule has 4 aromatic rings. The van der Waals surface area contributed by atoms with E-state index in [2.05, 4.69) is 31.2 Å². The van der Waals surface area contributed by atoms with Crippen molar-refractivity contribution in [1.29, 1.82) is 5.26 Å². The fourth-order valence-electron chi connectivity index (χ4n) is 4.20. The first kappa shape index (κ1) is 25.5. The van der Waals surface area contributed by atoms with E-state index in [9.17, 15) is 5.11 Å². The van der Waals surface area contributed by atoms with Gasteiger partial charge in [-0.05, 0) is 50.3 Å². The number of hydrogen-bond acceptors (Lipinski definition) is 9. The van der Waals surface area contributed by atoms with E-state index in [1.807, 2.05) is 24.8 Å². The van der Waals surface area contributed by atoms with Crippen molar-refractivity contribution < 1.29 is 14.4 Å². The highest BCUT2D eigenvalue weighted by Gasteiger charge is 2.22. The van der Waals surface area contributed by atoms with Crippen molar-refractivity contribution in [3.05, 3.63) is 41.6 Å². The number of aromatic nitrogens is 5. The summed E-state index contributed by atoms with van der Waals surface area (Å²) >= 11 is 0. The molecule has 1 aromatic carbocycles. The Morgan fingerprint density at radius 3 is 2.58 bits per heavy atom. The van der Waals surface area contributed by atoms with E-state index in [0.29, 0.717) is 55.6 Å². The maximum Gasteiger partial charge on any atom is 0.324 e. The summed E-state index contributed by atoms with van der Waals surface area (Å²) in [5.41, 5.74) is 2.93. The molecule has 2 saturated heterocycles. The van der Waals surface area contributed by atoms with Gasteiger partial charge in [0, 0.05) is 31.7 Å². The minimum atomic E-state index is -0.251. The quantitative estimate of drug-likeness (QED) is 0.433. The maximum absolute atomic E-state index is 9.62. The van der Waals surface area contributed by atoms with E-state index in [1.54, 1.807) is 18.3 Å². The number of pyridine rings is 1. The molecule has 0 atom stereocenters. The van der Waals surface area contributed by atoms with Gasteiger partial charge in [-0.15, -0.1) is 0 Å². The molecule has 2 fully saturated rings. The third-order valence-electron chi connectivity index (χ3n) is 6.09. The Bertz CT molecular complexity index is 1290. The fraction of sp³-hybridized carbons (Fsp3) is 0.500. The van der Waals surface area contributed by atoms with Gasteiger partial charge in [-0.25, -0.2) is 4.98 Å². The van der Waals surface area contributed by atoms with Gasteiger partial charge in [0.25, 0.3) is 0 Å². The second kappa shape index (κ2) is 12.4. The van der Waals surface area contributed by atoms with E-state index in [4.69, 9.17) is 14.5 Å². The highest BCUT2D eigenvalue weighted by atomic mass is 16.5. The van der Waals surface area contributed by atoms with Gasteiger partial charge in [-0.1, -0.05) is 19.0 Å². The van der Waals surface area contributed by atoms with Gasteiger partial charge >= 0.3 is 6.01 Å². The molecule has 0 aliphatic carbocycles. The number of aromatic amines is 1. The number of hydrogen-bond donors (Lipinski definition) is 2. The largest absolute Gasteiger partial charge is 0.393 e. The zero-order chi connectivity index (χ0) is 25.3. The van der Waals surface area contributed by atoms with Gasteiger partial charge in [0.1, 0.15) is 5.82 Å². The van der Waals surface area contributed by atoms with Crippen molar-refractivity contribution in [1.82, 2.24) is 25.1 Å². The monoisotopic (exact) mass is 491 g/mol. The normalized spacial score (nSPS) is 16.1. The zero-order valence-corrected chi connectivity index (χ0v) is 20.9. The lowest BCUT2D eigenvalue weighted by molar-refractivity contribution is 0.0968. The van der Waals surface area contributed by atoms with E-state index >= 15 is 0 Å². The molecule has 5 heterocycles. The number of ether oxygens (including phenoxy) is 1. The Morgan fingerprint density at radius 1 is 1.14 bits per heavy atom. The summed E-state index contributed by atoms with van der Waals surface area (Å²) in [7, 11) is 0. The first-order chi connectivity index (χ1) is 17.7. The summed E-state index contributed by atoms with van der Waals surface area (Å²) in [5.74, 6) is 1.24. The van der Waals surface area contributed by atoms with Crippen LogP contribution in [0.1, 0.15) is 63.2 Å². The molecule has 190 valence electrons. The smallest absolute Gasteiger partial charge is 0.324 e. The standard InChI is InChI=1S/C19H17N7O2.C5H10O.C2H6/c20-9-11-1-2-14-13(7-11)18-15(10-21-14)22-16(23-18)8-17-24-19(28-25-17)26-5-3-12(27)4-6-26;1-2-4-6-5-3-1;1-2/h1-2,7,10,12,27H,3-6,8H2,(H,22,23);1-5H2;1-2H3. The lowest BCUT2D eigenvalue weighted by Gasteiger charge is -2.27. The van der Waals surface area contributed by atoms with Crippen LogP contribution in [-0.4, -0.2) is 62.6 Å². The number of benzene rings is 1. The second-order valence-corrected chi connectivity index (χ2v) is 8.61. The predicted molar refractivity (Wildman–Crippen MR) is 137 cm³/mol. The number of nitrogens with one attached hydrogen (secondary N) is 1. The fourth-order valence-corrected chi connectivity index (χ4v) is 4.20. The van der Waals surface area contributed by atoms with Gasteiger partial charge in [0.05, 0.1) is 46.9 Å². The number of H-pyrrole nitrogens is 1. The van der Waals surface area contributed by atoms with Gasteiger partial charge < -0.3 is 24.3 Å². The van der Waals surface area contributed by atoms with E-state index in [1.165, 1.54) is 19.3 Å². The molecule has 10 nitrogen and oxygen atoms in total. The molecule has 2 aliphatic heterocycles. The molecule has 0 saturated carbocycles. The van der Waals surface area contributed by atoms with Crippen LogP contribution in [0.15, 0.2) is 28.9 Å². The minimum Gasteiger partial charge on any atom is -0.393 e. The number of aliphatic hydroxyl groups is 1. The van der Waals surface area contributed by atoms with Crippen LogP contribution in [0.2, 0.25) is 0 Å². The van der Waals surface area contributed by atoms with Crippen molar-refractivity contribution >= 4 is 28.0 Å². The van der Waals surface area contributed by atoms with Crippen molar-refractivity contribution in [2.75, 3.05) is 31.2 Å². The predicted octanol–water partition coefficient (Wildman–Crippen LogP) is 4.13. The first-order valence-electron chi connectivity index (χ1n) is 12.7. The van der Waals surface area contributed by atoms with Gasteiger partial charge in [-0.3, -0.25) is 4.98 Å². The molecule has 2 N–H and O–H groups in total. The lowest BCUT2D eigenvalue weighted by atomic mass is 10.1. The lowest BCUT2D eigenvalue weighted by Crippen LogP contribution is -2.35. The van der Waals surface area contributed by atoms with Crippen molar-refractivity contribution in [2.45, 2.75) is 58.5 Å². The summed E-state index contributed by atoms with van der Waals surface area (Å²) in [4.78, 5) is 18.8. The number of aliphatic hydroxyl groups excluding tert-OH is 1. The molecule has 6 rings (SSSR count).